The van der Waals surface area contributed by atoms with E-state index in [1.54, 1.807) is 0 Å². The zero-order chi connectivity index (χ0) is 15.6. The number of carbonyl (C=O) groups is 1. The van der Waals surface area contributed by atoms with Crippen LogP contribution in [0.1, 0.15) is 24.2 Å². The highest BCUT2D eigenvalue weighted by Crippen LogP contribution is 2.30. The Hall–Kier alpha value is -3.02. The second-order valence-electron chi connectivity index (χ2n) is 5.55. The third-order valence-electron chi connectivity index (χ3n) is 3.73. The van der Waals surface area contributed by atoms with Crippen LogP contribution < -0.4 is 5.32 Å². The number of fused-ring (bicyclic) bond motifs is 1. The number of benzene rings is 1. The van der Waals surface area contributed by atoms with Crippen LogP contribution >= 0.6 is 0 Å². The summed E-state index contributed by atoms with van der Waals surface area (Å²) in [5.74, 6) is 1.30. The Kier molecular flexibility index (Phi) is 3.34. The van der Waals surface area contributed by atoms with Gasteiger partial charge in [0.1, 0.15) is 17.7 Å². The first-order valence-electron chi connectivity index (χ1n) is 7.54. The molecule has 0 spiro atoms. The van der Waals surface area contributed by atoms with E-state index in [0.717, 1.165) is 18.4 Å². The van der Waals surface area contributed by atoms with Gasteiger partial charge in [0, 0.05) is 5.92 Å². The van der Waals surface area contributed by atoms with E-state index in [-0.39, 0.29) is 11.8 Å². The molecule has 1 saturated carbocycles. The zero-order valence-electron chi connectivity index (χ0n) is 12.4. The maximum atomic E-state index is 11.9. The number of carbonyl (C=O) groups excluding carboxylic acids is 1. The number of nitrogens with zero attached hydrogens (tertiary/aromatic N) is 3. The topological polar surface area (TPSA) is 83.6 Å². The molecule has 0 atom stereocenters. The number of nitrogens with one attached hydrogen (secondary N) is 2. The highest BCUT2D eigenvalue weighted by molar-refractivity contribution is 5.99. The van der Waals surface area contributed by atoms with Gasteiger partial charge in [0.25, 0.3) is 0 Å². The summed E-state index contributed by atoms with van der Waals surface area (Å²) in [6.45, 7) is 0. The van der Waals surface area contributed by atoms with Gasteiger partial charge in [-0.05, 0) is 24.5 Å². The summed E-state index contributed by atoms with van der Waals surface area (Å²) in [7, 11) is 0. The van der Waals surface area contributed by atoms with Gasteiger partial charge in [-0.3, -0.25) is 4.79 Å². The minimum Gasteiger partial charge on any atom is -0.334 e. The van der Waals surface area contributed by atoms with Crippen molar-refractivity contribution in [1.29, 1.82) is 0 Å². The van der Waals surface area contributed by atoms with E-state index in [9.17, 15) is 4.79 Å². The fraction of sp³-hybridized carbons (Fsp3) is 0.176. The molecule has 0 unspecified atom stereocenters. The summed E-state index contributed by atoms with van der Waals surface area (Å²) in [4.78, 5) is 27.8. The molecule has 6 heteroatoms. The van der Waals surface area contributed by atoms with E-state index in [1.807, 2.05) is 42.5 Å². The van der Waals surface area contributed by atoms with Crippen molar-refractivity contribution in [3.63, 3.8) is 0 Å². The molecule has 0 aliphatic heterocycles. The number of amides is 1. The van der Waals surface area contributed by atoms with Crippen LogP contribution in [0.4, 0.5) is 5.82 Å². The number of aromatic nitrogens is 4. The average molecular weight is 305 g/mol. The number of H-pyrrole nitrogens is 1. The lowest BCUT2D eigenvalue weighted by Gasteiger charge is -2.02. The summed E-state index contributed by atoms with van der Waals surface area (Å²) >= 11 is 0. The average Bonchev–Trinajstić information content (AvgIpc) is 3.34. The molecule has 2 heterocycles. The SMILES string of the molecule is O=C(Nc1ncnc2nc(/C=C/c3ccccc3)[nH]c12)C1CC1. The number of hydrogen-bond donors (Lipinski definition) is 2. The maximum Gasteiger partial charge on any atom is 0.228 e. The van der Waals surface area contributed by atoms with Gasteiger partial charge in [0.15, 0.2) is 11.5 Å². The molecular weight excluding hydrogens is 290 g/mol. The molecule has 0 bridgehead atoms. The van der Waals surface area contributed by atoms with E-state index in [1.165, 1.54) is 6.33 Å². The Morgan fingerprint density at radius 1 is 1.17 bits per heavy atom. The standard InChI is InChI=1S/C17H15N5O/c23-17(12-7-8-12)22-16-14-15(18-10-19-16)21-13(20-14)9-6-11-4-2-1-3-5-11/h1-6,9-10,12H,7-8H2,(H2,18,19,20,21,22,23)/b9-6+. The van der Waals surface area contributed by atoms with Crippen LogP contribution in [-0.2, 0) is 4.79 Å². The van der Waals surface area contributed by atoms with Gasteiger partial charge in [-0.15, -0.1) is 0 Å². The molecule has 23 heavy (non-hydrogen) atoms. The summed E-state index contributed by atoms with van der Waals surface area (Å²) < 4.78 is 0. The molecular formula is C17H15N5O. The van der Waals surface area contributed by atoms with Crippen molar-refractivity contribution in [1.82, 2.24) is 19.9 Å². The maximum absolute atomic E-state index is 11.9. The van der Waals surface area contributed by atoms with Crippen molar-refractivity contribution in [3.8, 4) is 0 Å². The lowest BCUT2D eigenvalue weighted by molar-refractivity contribution is -0.117. The van der Waals surface area contributed by atoms with E-state index < -0.39 is 0 Å². The van der Waals surface area contributed by atoms with Crippen LogP contribution in [0.2, 0.25) is 0 Å². The van der Waals surface area contributed by atoms with Crippen LogP contribution in [0.3, 0.4) is 0 Å². The van der Waals surface area contributed by atoms with Crippen LogP contribution in [0.25, 0.3) is 23.3 Å². The molecule has 1 aliphatic rings. The predicted molar refractivity (Wildman–Crippen MR) is 88.4 cm³/mol. The van der Waals surface area contributed by atoms with Crippen LogP contribution in [0.15, 0.2) is 36.7 Å². The van der Waals surface area contributed by atoms with Crippen LogP contribution in [0.5, 0.6) is 0 Å². The summed E-state index contributed by atoms with van der Waals surface area (Å²) in [5, 5.41) is 2.85. The van der Waals surface area contributed by atoms with Crippen molar-refractivity contribution < 1.29 is 4.79 Å². The molecule has 4 rings (SSSR count). The third-order valence-corrected chi connectivity index (χ3v) is 3.73. The molecule has 6 nitrogen and oxygen atoms in total. The van der Waals surface area contributed by atoms with Crippen LogP contribution in [0, 0.1) is 5.92 Å². The quantitative estimate of drug-likeness (QED) is 0.776. The first-order chi connectivity index (χ1) is 11.3. The predicted octanol–water partition coefficient (Wildman–Crippen LogP) is 2.87. The minimum absolute atomic E-state index is 0.0148. The van der Waals surface area contributed by atoms with Gasteiger partial charge in [-0.25, -0.2) is 15.0 Å². The first-order valence-corrected chi connectivity index (χ1v) is 7.54. The lowest BCUT2D eigenvalue weighted by atomic mass is 10.2. The molecule has 114 valence electrons. The first kappa shape index (κ1) is 13.6. The Balaban J connectivity index is 1.62. The van der Waals surface area contributed by atoms with Crippen LogP contribution in [-0.4, -0.2) is 25.8 Å². The van der Waals surface area contributed by atoms with Crippen molar-refractivity contribution in [2.24, 2.45) is 5.92 Å². The van der Waals surface area contributed by atoms with E-state index in [4.69, 9.17) is 0 Å². The van der Waals surface area contributed by atoms with Gasteiger partial charge in [-0.1, -0.05) is 36.4 Å². The smallest absolute Gasteiger partial charge is 0.228 e. The number of anilines is 1. The Bertz CT molecular complexity index is 880. The molecule has 1 fully saturated rings. The Morgan fingerprint density at radius 2 is 2.00 bits per heavy atom. The fourth-order valence-electron chi connectivity index (χ4n) is 2.32. The normalized spacial score (nSPS) is 14.4. The van der Waals surface area contributed by atoms with Gasteiger partial charge in [0.2, 0.25) is 5.91 Å². The van der Waals surface area contributed by atoms with Crippen molar-refractivity contribution >= 4 is 35.0 Å². The van der Waals surface area contributed by atoms with Crippen molar-refractivity contribution in [3.05, 3.63) is 48.0 Å². The minimum atomic E-state index is 0.0148. The van der Waals surface area contributed by atoms with Crippen molar-refractivity contribution in [2.45, 2.75) is 12.8 Å². The second-order valence-corrected chi connectivity index (χ2v) is 5.55. The molecule has 1 amide bonds. The summed E-state index contributed by atoms with van der Waals surface area (Å²) in [5.41, 5.74) is 2.27. The summed E-state index contributed by atoms with van der Waals surface area (Å²) in [6, 6.07) is 9.97. The Labute approximate surface area is 132 Å². The van der Waals surface area contributed by atoms with Gasteiger partial charge in [-0.2, -0.15) is 0 Å². The molecule has 1 aromatic carbocycles. The molecule has 0 radical (unpaired) electrons. The highest BCUT2D eigenvalue weighted by atomic mass is 16.2. The highest BCUT2D eigenvalue weighted by Gasteiger charge is 2.30. The van der Waals surface area contributed by atoms with E-state index in [2.05, 4.69) is 25.3 Å². The lowest BCUT2D eigenvalue weighted by Crippen LogP contribution is -2.14. The number of rotatable bonds is 4. The zero-order valence-corrected chi connectivity index (χ0v) is 12.4. The number of aromatic amines is 1. The van der Waals surface area contributed by atoms with Gasteiger partial charge in [0.05, 0.1) is 0 Å². The third kappa shape index (κ3) is 2.96. The van der Waals surface area contributed by atoms with Crippen molar-refractivity contribution in [2.75, 3.05) is 5.32 Å². The van der Waals surface area contributed by atoms with Gasteiger partial charge >= 0.3 is 0 Å². The summed E-state index contributed by atoms with van der Waals surface area (Å²) in [6.07, 6.45) is 7.16. The van der Waals surface area contributed by atoms with E-state index in [0.29, 0.717) is 22.8 Å². The largest absolute Gasteiger partial charge is 0.334 e. The molecule has 2 aromatic heterocycles. The monoisotopic (exact) mass is 305 g/mol. The molecule has 2 N–H and O–H groups in total. The fourth-order valence-corrected chi connectivity index (χ4v) is 2.32. The second kappa shape index (κ2) is 5.64. The molecule has 3 aromatic rings. The molecule has 1 aliphatic carbocycles. The Morgan fingerprint density at radius 3 is 2.78 bits per heavy atom. The molecule has 0 saturated heterocycles. The van der Waals surface area contributed by atoms with Gasteiger partial charge < -0.3 is 10.3 Å². The number of hydrogen-bond acceptors (Lipinski definition) is 4. The number of imidazole rings is 1. The van der Waals surface area contributed by atoms with E-state index >= 15 is 0 Å².